The van der Waals surface area contributed by atoms with Crippen LogP contribution in [0.25, 0.3) is 0 Å². The van der Waals surface area contributed by atoms with E-state index in [1.807, 2.05) is 36.4 Å². The molecule has 3 aromatic carbocycles. The third kappa shape index (κ3) is 4.53. The van der Waals surface area contributed by atoms with Crippen molar-refractivity contribution in [3.05, 3.63) is 69.7 Å². The Morgan fingerprint density at radius 2 is 0.795 bits per heavy atom. The maximum absolute atomic E-state index is 6.95. The van der Waals surface area contributed by atoms with Crippen molar-refractivity contribution in [3.8, 4) is 23.0 Å². The van der Waals surface area contributed by atoms with Crippen molar-refractivity contribution < 1.29 is 9.47 Å². The van der Waals surface area contributed by atoms with E-state index < -0.39 is 0 Å². The highest BCUT2D eigenvalue weighted by molar-refractivity contribution is 6.31. The van der Waals surface area contributed by atoms with Crippen molar-refractivity contribution in [1.82, 2.24) is 0 Å². The molecule has 3 aromatic rings. The molecular weight excluding hydrogens is 587 g/mol. The number of ether oxygens (including phenoxy) is 2. The fourth-order valence-corrected chi connectivity index (χ4v) is 12.2. The average molecular weight is 630 g/mol. The zero-order valence-electron chi connectivity index (χ0n) is 25.3. The summed E-state index contributed by atoms with van der Waals surface area (Å²) in [6.45, 7) is 0. The first kappa shape index (κ1) is 27.7. The van der Waals surface area contributed by atoms with Gasteiger partial charge in [-0.3, -0.25) is 0 Å². The van der Waals surface area contributed by atoms with Crippen LogP contribution in [0.2, 0.25) is 10.0 Å². The minimum atomic E-state index is 0.0788. The van der Waals surface area contributed by atoms with Gasteiger partial charge in [0.1, 0.15) is 11.5 Å². The standard InChI is InChI=1S/C38H42Cl2N2O2/c39-27-1-3-31(41)35(11-27)43-33-13-30(38-18-24-8-25(19-38)10-26(9-24)20-38)34(44-36-12-28(40)2-4-32(36)42)14-29(33)37-15-21-5-22(16-37)7-23(6-21)17-37/h1-4,11-14,21-26H,5-10,15-20,41-42H2. The second-order valence-electron chi connectivity index (χ2n) is 15.8. The average Bonchev–Trinajstić information content (AvgIpc) is 2.96. The minimum Gasteiger partial charge on any atom is -0.455 e. The van der Waals surface area contributed by atoms with E-state index >= 15 is 0 Å². The molecule has 8 saturated carbocycles. The van der Waals surface area contributed by atoms with Crippen molar-refractivity contribution in [3.63, 3.8) is 0 Å². The van der Waals surface area contributed by atoms with E-state index in [0.717, 1.165) is 47.0 Å². The highest BCUT2D eigenvalue weighted by Crippen LogP contribution is 2.66. The van der Waals surface area contributed by atoms with Gasteiger partial charge in [-0.15, -0.1) is 0 Å². The van der Waals surface area contributed by atoms with E-state index in [9.17, 15) is 0 Å². The van der Waals surface area contributed by atoms with E-state index in [1.54, 1.807) is 0 Å². The van der Waals surface area contributed by atoms with Crippen LogP contribution in [0, 0.1) is 35.5 Å². The molecule has 0 spiro atoms. The first-order chi connectivity index (χ1) is 21.2. The Morgan fingerprint density at radius 1 is 0.477 bits per heavy atom. The Kier molecular flexibility index (Phi) is 6.28. The summed E-state index contributed by atoms with van der Waals surface area (Å²) in [5, 5.41) is 1.26. The van der Waals surface area contributed by atoms with Crippen molar-refractivity contribution in [2.24, 2.45) is 35.5 Å². The molecule has 8 fully saturated rings. The number of nitrogen functional groups attached to an aromatic ring is 2. The molecule has 4 nitrogen and oxygen atoms in total. The van der Waals surface area contributed by atoms with Crippen molar-refractivity contribution in [2.75, 3.05) is 11.5 Å². The van der Waals surface area contributed by atoms with Crippen LogP contribution in [-0.4, -0.2) is 0 Å². The third-order valence-electron chi connectivity index (χ3n) is 12.7. The molecule has 8 aliphatic rings. The summed E-state index contributed by atoms with van der Waals surface area (Å²) >= 11 is 13.0. The normalized spacial score (nSPS) is 36.1. The third-order valence-corrected chi connectivity index (χ3v) is 13.2. The largest absolute Gasteiger partial charge is 0.455 e. The van der Waals surface area contributed by atoms with E-state index in [1.165, 1.54) is 88.2 Å². The molecule has 0 aromatic heterocycles. The lowest BCUT2D eigenvalue weighted by Crippen LogP contribution is -2.49. The first-order valence-corrected chi connectivity index (χ1v) is 17.6. The van der Waals surface area contributed by atoms with Crippen LogP contribution < -0.4 is 20.9 Å². The second-order valence-corrected chi connectivity index (χ2v) is 16.7. The molecule has 0 saturated heterocycles. The van der Waals surface area contributed by atoms with Gasteiger partial charge < -0.3 is 20.9 Å². The Bertz CT molecular complexity index is 1460. The molecule has 0 amide bonds. The van der Waals surface area contributed by atoms with Crippen LogP contribution in [0.5, 0.6) is 23.0 Å². The molecule has 0 radical (unpaired) electrons. The lowest BCUT2D eigenvalue weighted by atomic mass is 9.47. The summed E-state index contributed by atoms with van der Waals surface area (Å²) in [7, 11) is 0. The molecular formula is C38H42Cl2N2O2. The van der Waals surface area contributed by atoms with Gasteiger partial charge in [-0.25, -0.2) is 0 Å². The van der Waals surface area contributed by atoms with Crippen LogP contribution in [-0.2, 0) is 10.8 Å². The molecule has 0 unspecified atom stereocenters. The summed E-state index contributed by atoms with van der Waals surface area (Å²) < 4.78 is 13.9. The summed E-state index contributed by atoms with van der Waals surface area (Å²) in [6, 6.07) is 15.8. The number of anilines is 2. The lowest BCUT2D eigenvalue weighted by molar-refractivity contribution is -0.00823. The lowest BCUT2D eigenvalue weighted by Gasteiger charge is -2.58. The Labute approximate surface area is 270 Å². The van der Waals surface area contributed by atoms with Crippen LogP contribution in [0.3, 0.4) is 0 Å². The number of benzene rings is 3. The van der Waals surface area contributed by atoms with Gasteiger partial charge in [0, 0.05) is 33.3 Å². The SMILES string of the molecule is Nc1ccc(Cl)cc1Oc1cc(C23CC4CC(CC(C4)C2)C3)c(Oc2cc(Cl)ccc2N)cc1C12CC3CC(CC(C3)C1)C2. The molecule has 230 valence electrons. The highest BCUT2D eigenvalue weighted by atomic mass is 35.5. The van der Waals surface area contributed by atoms with Crippen molar-refractivity contribution in [2.45, 2.75) is 87.9 Å². The van der Waals surface area contributed by atoms with Gasteiger partial charge in [0.05, 0.1) is 11.4 Å². The number of nitrogens with two attached hydrogens (primary N) is 2. The van der Waals surface area contributed by atoms with Gasteiger partial charge >= 0.3 is 0 Å². The van der Waals surface area contributed by atoms with Crippen molar-refractivity contribution >= 4 is 34.6 Å². The molecule has 0 heterocycles. The smallest absolute Gasteiger partial charge is 0.151 e. The maximum atomic E-state index is 6.95. The fourth-order valence-electron chi connectivity index (χ4n) is 11.9. The van der Waals surface area contributed by atoms with Crippen LogP contribution in [0.1, 0.15) is 88.2 Å². The minimum absolute atomic E-state index is 0.0788. The fraction of sp³-hybridized carbons (Fsp3) is 0.526. The van der Waals surface area contributed by atoms with Gasteiger partial charge in [0.15, 0.2) is 11.5 Å². The maximum Gasteiger partial charge on any atom is 0.151 e. The quantitative estimate of drug-likeness (QED) is 0.266. The molecule has 44 heavy (non-hydrogen) atoms. The van der Waals surface area contributed by atoms with Crippen LogP contribution in [0.4, 0.5) is 11.4 Å². The summed E-state index contributed by atoms with van der Waals surface area (Å²) in [5.41, 5.74) is 16.9. The molecule has 11 rings (SSSR count). The predicted octanol–water partition coefficient (Wildman–Crippen LogP) is 10.7. The summed E-state index contributed by atoms with van der Waals surface area (Å²) in [6.07, 6.45) is 15.6. The summed E-state index contributed by atoms with van der Waals surface area (Å²) in [5.74, 6) is 7.91. The van der Waals surface area contributed by atoms with E-state index in [4.69, 9.17) is 44.1 Å². The van der Waals surface area contributed by atoms with E-state index in [0.29, 0.717) is 32.9 Å². The number of halogens is 2. The number of hydrogen-bond acceptors (Lipinski definition) is 4. The Balaban J connectivity index is 1.25. The van der Waals surface area contributed by atoms with Gasteiger partial charge in [0.2, 0.25) is 0 Å². The highest BCUT2D eigenvalue weighted by Gasteiger charge is 2.55. The van der Waals surface area contributed by atoms with Crippen LogP contribution in [0.15, 0.2) is 48.5 Å². The van der Waals surface area contributed by atoms with Crippen molar-refractivity contribution in [1.29, 1.82) is 0 Å². The molecule has 8 bridgehead atoms. The summed E-state index contributed by atoms with van der Waals surface area (Å²) in [4.78, 5) is 0. The number of hydrogen-bond donors (Lipinski definition) is 2. The Morgan fingerprint density at radius 3 is 1.11 bits per heavy atom. The van der Waals surface area contributed by atoms with Gasteiger partial charge in [0.25, 0.3) is 0 Å². The van der Waals surface area contributed by atoms with E-state index in [-0.39, 0.29) is 10.8 Å². The first-order valence-electron chi connectivity index (χ1n) is 16.9. The van der Waals surface area contributed by atoms with Gasteiger partial charge in [-0.1, -0.05) is 23.2 Å². The molecule has 8 aliphatic carbocycles. The predicted molar refractivity (Wildman–Crippen MR) is 178 cm³/mol. The van der Waals surface area contributed by atoms with Crippen LogP contribution >= 0.6 is 23.2 Å². The molecule has 4 N–H and O–H groups in total. The van der Waals surface area contributed by atoms with Gasteiger partial charge in [-0.05, 0) is 160 Å². The molecule has 6 heteroatoms. The van der Waals surface area contributed by atoms with E-state index in [2.05, 4.69) is 12.1 Å². The second kappa shape index (κ2) is 9.97. The van der Waals surface area contributed by atoms with Gasteiger partial charge in [-0.2, -0.15) is 0 Å². The Hall–Kier alpha value is -2.56. The zero-order valence-corrected chi connectivity index (χ0v) is 26.8. The zero-order chi connectivity index (χ0) is 29.8. The molecule has 0 aliphatic heterocycles. The topological polar surface area (TPSA) is 70.5 Å². The monoisotopic (exact) mass is 628 g/mol. The molecule has 0 atom stereocenters. The number of rotatable bonds is 6.